The Morgan fingerprint density at radius 1 is 0.955 bits per heavy atom. The van der Waals surface area contributed by atoms with Crippen LogP contribution in [-0.2, 0) is 6.61 Å². The molecule has 1 heterocycles. The lowest BCUT2D eigenvalue weighted by Gasteiger charge is -2.11. The molecule has 0 atom stereocenters. The fourth-order valence-corrected chi connectivity index (χ4v) is 5.30. The van der Waals surface area contributed by atoms with Crippen LogP contribution < -0.4 is 4.74 Å². The van der Waals surface area contributed by atoms with Crippen molar-refractivity contribution in [3.63, 3.8) is 0 Å². The Bertz CT molecular complexity index is 584. The molecule has 3 heteroatoms. The summed E-state index contributed by atoms with van der Waals surface area (Å²) in [6.07, 6.45) is 0. The average Bonchev–Trinajstić information content (AvgIpc) is 3.08. The van der Waals surface area contributed by atoms with Crippen LogP contribution in [0.5, 0.6) is 5.75 Å². The summed E-state index contributed by atoms with van der Waals surface area (Å²) in [7, 11) is 0. The van der Waals surface area contributed by atoms with E-state index >= 15 is 0 Å². The minimum atomic E-state index is 0.578. The van der Waals surface area contributed by atoms with Gasteiger partial charge in [-0.05, 0) is 34.7 Å². The van der Waals surface area contributed by atoms with Gasteiger partial charge in [0.15, 0.2) is 0 Å². The van der Waals surface area contributed by atoms with Gasteiger partial charge >= 0.3 is 0 Å². The van der Waals surface area contributed by atoms with Gasteiger partial charge < -0.3 is 4.74 Å². The zero-order valence-electron chi connectivity index (χ0n) is 13.1. The molecule has 1 fully saturated rings. The van der Waals surface area contributed by atoms with Gasteiger partial charge in [0.25, 0.3) is 0 Å². The predicted molar refractivity (Wildman–Crippen MR) is 99.0 cm³/mol. The molecule has 2 aromatic rings. The highest BCUT2D eigenvalue weighted by Crippen LogP contribution is 2.45. The third-order valence-electron chi connectivity index (χ3n) is 3.83. The molecule has 0 spiro atoms. The molecule has 22 heavy (non-hydrogen) atoms. The molecule has 116 valence electrons. The Morgan fingerprint density at radius 2 is 1.59 bits per heavy atom. The molecule has 1 nitrogen and oxygen atoms in total. The first kappa shape index (κ1) is 15.8. The van der Waals surface area contributed by atoms with Crippen LogP contribution in [0.4, 0.5) is 0 Å². The largest absolute Gasteiger partial charge is 0.489 e. The van der Waals surface area contributed by atoms with Crippen LogP contribution in [-0.4, -0.2) is 11.5 Å². The summed E-state index contributed by atoms with van der Waals surface area (Å²) in [5, 5.41) is 0. The molecule has 0 unspecified atom stereocenters. The third-order valence-corrected chi connectivity index (χ3v) is 6.93. The lowest BCUT2D eigenvalue weighted by molar-refractivity contribution is 0.306. The van der Waals surface area contributed by atoms with Gasteiger partial charge in [0.2, 0.25) is 0 Å². The topological polar surface area (TPSA) is 9.23 Å². The molecule has 2 aromatic carbocycles. The number of hydrogen-bond acceptors (Lipinski definition) is 3. The van der Waals surface area contributed by atoms with Gasteiger partial charge in [0.1, 0.15) is 12.4 Å². The summed E-state index contributed by atoms with van der Waals surface area (Å²) in [5.74, 6) is 4.05. The van der Waals surface area contributed by atoms with Crippen LogP contribution >= 0.6 is 23.5 Å². The molecule has 1 aliphatic heterocycles. The Kier molecular flexibility index (Phi) is 5.37. The summed E-state index contributed by atoms with van der Waals surface area (Å²) >= 11 is 4.07. The maximum absolute atomic E-state index is 5.90. The Morgan fingerprint density at radius 3 is 2.18 bits per heavy atom. The molecular formula is C19H22OS2. The van der Waals surface area contributed by atoms with E-state index in [9.17, 15) is 0 Å². The maximum atomic E-state index is 5.90. The predicted octanol–water partition coefficient (Wildman–Crippen LogP) is 5.87. The van der Waals surface area contributed by atoms with E-state index < -0.39 is 0 Å². The molecule has 0 N–H and O–H groups in total. The number of benzene rings is 2. The summed E-state index contributed by atoms with van der Waals surface area (Å²) in [6, 6.07) is 17.3. The highest BCUT2D eigenvalue weighted by Gasteiger charge is 2.17. The summed E-state index contributed by atoms with van der Waals surface area (Å²) in [6.45, 7) is 5.06. The standard InChI is InChI=1S/C19H22OS2/c1-14(2)16-5-3-15(4-6-16)13-20-18-9-7-17(8-10-18)19-21-11-12-22-19/h3-10,14,19H,11-13H2,1-2H3. The minimum absolute atomic E-state index is 0.578. The Balaban J connectivity index is 1.56. The van der Waals surface area contributed by atoms with E-state index in [4.69, 9.17) is 4.74 Å². The SMILES string of the molecule is CC(C)c1ccc(COc2ccc(C3SCCS3)cc2)cc1. The van der Waals surface area contributed by atoms with Crippen LogP contribution in [0.3, 0.4) is 0 Å². The molecule has 1 saturated heterocycles. The molecular weight excluding hydrogens is 308 g/mol. The molecule has 0 radical (unpaired) electrons. The number of ether oxygens (including phenoxy) is 1. The zero-order valence-corrected chi connectivity index (χ0v) is 14.8. The molecule has 0 aromatic heterocycles. The van der Waals surface area contributed by atoms with Crippen molar-refractivity contribution in [3.8, 4) is 5.75 Å². The van der Waals surface area contributed by atoms with Crippen LogP contribution in [0.1, 0.15) is 41.0 Å². The van der Waals surface area contributed by atoms with Crippen molar-refractivity contribution in [1.82, 2.24) is 0 Å². The van der Waals surface area contributed by atoms with E-state index in [2.05, 4.69) is 62.4 Å². The third kappa shape index (κ3) is 4.02. The average molecular weight is 331 g/mol. The van der Waals surface area contributed by atoms with Gasteiger partial charge in [0, 0.05) is 11.5 Å². The lowest BCUT2D eigenvalue weighted by Crippen LogP contribution is -1.96. The van der Waals surface area contributed by atoms with Crippen molar-refractivity contribution >= 4 is 23.5 Å². The van der Waals surface area contributed by atoms with Crippen molar-refractivity contribution in [3.05, 3.63) is 65.2 Å². The highest BCUT2D eigenvalue weighted by molar-refractivity contribution is 8.19. The van der Waals surface area contributed by atoms with Crippen molar-refractivity contribution in [2.24, 2.45) is 0 Å². The van der Waals surface area contributed by atoms with Gasteiger partial charge in [-0.15, -0.1) is 23.5 Å². The first-order valence-corrected chi connectivity index (χ1v) is 9.87. The van der Waals surface area contributed by atoms with E-state index in [-0.39, 0.29) is 0 Å². The molecule has 0 aliphatic carbocycles. The first-order chi connectivity index (χ1) is 10.7. The normalized spacial score (nSPS) is 15.4. The second-order valence-electron chi connectivity index (χ2n) is 5.83. The van der Waals surface area contributed by atoms with Crippen LogP contribution in [0.25, 0.3) is 0 Å². The monoisotopic (exact) mass is 330 g/mol. The Labute approximate surface area is 141 Å². The van der Waals surface area contributed by atoms with Gasteiger partial charge in [-0.2, -0.15) is 0 Å². The summed E-state index contributed by atoms with van der Waals surface area (Å²) in [5.41, 5.74) is 4.00. The lowest BCUT2D eigenvalue weighted by atomic mass is 10.0. The van der Waals surface area contributed by atoms with E-state index in [1.165, 1.54) is 28.2 Å². The van der Waals surface area contributed by atoms with E-state index in [0.717, 1.165) is 5.75 Å². The van der Waals surface area contributed by atoms with Crippen molar-refractivity contribution < 1.29 is 4.74 Å². The second kappa shape index (κ2) is 7.47. The second-order valence-corrected chi connectivity index (χ2v) is 8.55. The van der Waals surface area contributed by atoms with E-state index in [1.807, 2.05) is 23.5 Å². The van der Waals surface area contributed by atoms with E-state index in [1.54, 1.807) is 0 Å². The number of hydrogen-bond donors (Lipinski definition) is 0. The van der Waals surface area contributed by atoms with Gasteiger partial charge in [-0.25, -0.2) is 0 Å². The summed E-state index contributed by atoms with van der Waals surface area (Å²) in [4.78, 5) is 0. The van der Waals surface area contributed by atoms with Crippen LogP contribution in [0.2, 0.25) is 0 Å². The van der Waals surface area contributed by atoms with E-state index in [0.29, 0.717) is 17.1 Å². The smallest absolute Gasteiger partial charge is 0.119 e. The maximum Gasteiger partial charge on any atom is 0.119 e. The summed E-state index contributed by atoms with van der Waals surface area (Å²) < 4.78 is 6.51. The van der Waals surface area contributed by atoms with Crippen molar-refractivity contribution in [2.45, 2.75) is 31.0 Å². The molecule has 3 rings (SSSR count). The fraction of sp³-hybridized carbons (Fsp3) is 0.368. The van der Waals surface area contributed by atoms with Gasteiger partial charge in [0.05, 0.1) is 4.58 Å². The van der Waals surface area contributed by atoms with Gasteiger partial charge in [-0.3, -0.25) is 0 Å². The quantitative estimate of drug-likeness (QED) is 0.679. The van der Waals surface area contributed by atoms with Crippen molar-refractivity contribution in [1.29, 1.82) is 0 Å². The van der Waals surface area contributed by atoms with Gasteiger partial charge in [-0.1, -0.05) is 50.2 Å². The number of rotatable bonds is 5. The molecule has 0 bridgehead atoms. The van der Waals surface area contributed by atoms with Crippen LogP contribution in [0, 0.1) is 0 Å². The molecule has 0 saturated carbocycles. The molecule has 0 amide bonds. The number of thioether (sulfide) groups is 2. The minimum Gasteiger partial charge on any atom is -0.489 e. The zero-order chi connectivity index (χ0) is 15.4. The van der Waals surface area contributed by atoms with Crippen LogP contribution in [0.15, 0.2) is 48.5 Å². The molecule has 1 aliphatic rings. The Hall–Kier alpha value is -1.06. The van der Waals surface area contributed by atoms with Crippen molar-refractivity contribution in [2.75, 3.05) is 11.5 Å². The first-order valence-electron chi connectivity index (χ1n) is 7.77. The fourth-order valence-electron chi connectivity index (χ4n) is 2.44. The highest BCUT2D eigenvalue weighted by atomic mass is 32.2.